The molecule has 1 saturated heterocycles. The molecule has 7 heteroatoms. The topological polar surface area (TPSA) is 84.1 Å². The Morgan fingerprint density at radius 2 is 2.24 bits per heavy atom. The zero-order valence-corrected chi connectivity index (χ0v) is 10.5. The van der Waals surface area contributed by atoms with E-state index >= 15 is 0 Å². The third kappa shape index (κ3) is 2.70. The van der Waals surface area contributed by atoms with Gasteiger partial charge in [0.15, 0.2) is 0 Å². The van der Waals surface area contributed by atoms with Crippen LogP contribution in [0.1, 0.15) is 13.3 Å². The number of nitrogens with one attached hydrogen (secondary N) is 1. The Balaban J connectivity index is 0.00000144. The number of halogens is 1. The number of aromatic amines is 1. The Kier molecular flexibility index (Phi) is 4.36. The highest BCUT2D eigenvalue weighted by Gasteiger charge is 2.20. The molecule has 0 bridgehead atoms. The lowest BCUT2D eigenvalue weighted by atomic mass is 10.3. The maximum absolute atomic E-state index is 11.6. The molecular weight excluding hydrogens is 244 g/mol. The lowest BCUT2D eigenvalue weighted by molar-refractivity contribution is 0.668. The van der Waals surface area contributed by atoms with Gasteiger partial charge in [-0.2, -0.15) is 0 Å². The van der Waals surface area contributed by atoms with Crippen molar-refractivity contribution < 1.29 is 0 Å². The van der Waals surface area contributed by atoms with Crippen molar-refractivity contribution in [2.45, 2.75) is 25.9 Å². The zero-order valence-electron chi connectivity index (χ0n) is 9.68. The molecule has 96 valence electrons. The largest absolute Gasteiger partial charge is 0.356 e. The van der Waals surface area contributed by atoms with E-state index in [9.17, 15) is 9.59 Å². The van der Waals surface area contributed by atoms with E-state index < -0.39 is 0 Å². The van der Waals surface area contributed by atoms with Crippen LogP contribution in [0.25, 0.3) is 0 Å². The summed E-state index contributed by atoms with van der Waals surface area (Å²) >= 11 is 0. The fraction of sp³-hybridized carbons (Fsp3) is 0.600. The van der Waals surface area contributed by atoms with Crippen molar-refractivity contribution >= 4 is 18.2 Å². The number of hydrogen-bond acceptors (Lipinski definition) is 4. The molecule has 0 unspecified atom stereocenters. The SMILES string of the molecule is CCn1c(=O)cc(N2CC[C@@H](N)C2)[nH]c1=O.Cl. The van der Waals surface area contributed by atoms with Crippen LogP contribution in [0.3, 0.4) is 0 Å². The molecule has 1 aliphatic heterocycles. The smallest absolute Gasteiger partial charge is 0.329 e. The molecule has 0 spiro atoms. The van der Waals surface area contributed by atoms with Crippen molar-refractivity contribution in [1.29, 1.82) is 0 Å². The van der Waals surface area contributed by atoms with E-state index in [1.807, 2.05) is 4.90 Å². The molecule has 0 radical (unpaired) electrons. The van der Waals surface area contributed by atoms with Gasteiger partial charge in [0.1, 0.15) is 5.82 Å². The first-order valence-corrected chi connectivity index (χ1v) is 5.46. The van der Waals surface area contributed by atoms with Crippen LogP contribution in [0.2, 0.25) is 0 Å². The Hall–Kier alpha value is -1.27. The summed E-state index contributed by atoms with van der Waals surface area (Å²) in [6, 6.07) is 1.58. The van der Waals surface area contributed by atoms with Gasteiger partial charge in [0.05, 0.1) is 0 Å². The second-order valence-electron chi connectivity index (χ2n) is 4.04. The fourth-order valence-corrected chi connectivity index (χ4v) is 1.98. The number of aromatic nitrogens is 2. The van der Waals surface area contributed by atoms with E-state index in [-0.39, 0.29) is 29.7 Å². The molecule has 1 atom stereocenters. The molecule has 1 aliphatic rings. The molecule has 6 nitrogen and oxygen atoms in total. The van der Waals surface area contributed by atoms with Gasteiger partial charge < -0.3 is 10.6 Å². The molecule has 17 heavy (non-hydrogen) atoms. The second kappa shape index (κ2) is 5.37. The first-order chi connectivity index (χ1) is 7.61. The van der Waals surface area contributed by atoms with Crippen molar-refractivity contribution in [2.75, 3.05) is 18.0 Å². The van der Waals surface area contributed by atoms with Crippen LogP contribution in [0.5, 0.6) is 0 Å². The van der Waals surface area contributed by atoms with E-state index in [1.54, 1.807) is 6.92 Å². The molecular formula is C10H17ClN4O2. The minimum absolute atomic E-state index is 0. The Morgan fingerprint density at radius 3 is 2.71 bits per heavy atom. The molecule has 1 fully saturated rings. The summed E-state index contributed by atoms with van der Waals surface area (Å²) in [5.74, 6) is 0.577. The quantitative estimate of drug-likeness (QED) is 0.752. The molecule has 1 aromatic rings. The van der Waals surface area contributed by atoms with Crippen LogP contribution >= 0.6 is 12.4 Å². The summed E-state index contributed by atoms with van der Waals surface area (Å²) in [5, 5.41) is 0. The van der Waals surface area contributed by atoms with Gasteiger partial charge in [-0.1, -0.05) is 0 Å². The maximum atomic E-state index is 11.6. The van der Waals surface area contributed by atoms with Gasteiger partial charge in [-0.05, 0) is 13.3 Å². The second-order valence-corrected chi connectivity index (χ2v) is 4.04. The van der Waals surface area contributed by atoms with E-state index in [2.05, 4.69) is 4.98 Å². The lowest BCUT2D eigenvalue weighted by Crippen LogP contribution is -2.37. The summed E-state index contributed by atoms with van der Waals surface area (Å²) in [6.07, 6.45) is 0.888. The molecule has 2 rings (SSSR count). The number of nitrogens with zero attached hydrogens (tertiary/aromatic N) is 2. The maximum Gasteiger partial charge on any atom is 0.329 e. The number of H-pyrrole nitrogens is 1. The van der Waals surface area contributed by atoms with Crippen LogP contribution in [0.4, 0.5) is 5.82 Å². The van der Waals surface area contributed by atoms with E-state index in [4.69, 9.17) is 5.73 Å². The van der Waals surface area contributed by atoms with Crippen LogP contribution in [-0.2, 0) is 6.54 Å². The average Bonchev–Trinajstić information content (AvgIpc) is 2.64. The molecule has 0 aliphatic carbocycles. The first-order valence-electron chi connectivity index (χ1n) is 5.46. The third-order valence-electron chi connectivity index (χ3n) is 2.89. The third-order valence-corrected chi connectivity index (χ3v) is 2.89. The minimum atomic E-state index is -0.356. The van der Waals surface area contributed by atoms with Gasteiger partial charge in [0.25, 0.3) is 5.56 Å². The summed E-state index contributed by atoms with van der Waals surface area (Å²) < 4.78 is 1.17. The molecule has 3 N–H and O–H groups in total. The van der Waals surface area contributed by atoms with Crippen molar-refractivity contribution in [3.63, 3.8) is 0 Å². The number of hydrogen-bond donors (Lipinski definition) is 2. The highest BCUT2D eigenvalue weighted by atomic mass is 35.5. The van der Waals surface area contributed by atoms with Crippen LogP contribution in [-0.4, -0.2) is 28.7 Å². The van der Waals surface area contributed by atoms with E-state index in [0.29, 0.717) is 18.9 Å². The monoisotopic (exact) mass is 260 g/mol. The number of nitrogens with two attached hydrogens (primary N) is 1. The van der Waals surface area contributed by atoms with Crippen LogP contribution < -0.4 is 21.9 Å². The summed E-state index contributed by atoms with van der Waals surface area (Å²) in [7, 11) is 0. The van der Waals surface area contributed by atoms with E-state index in [1.165, 1.54) is 10.6 Å². The Morgan fingerprint density at radius 1 is 1.53 bits per heavy atom. The normalized spacial score (nSPS) is 19.2. The van der Waals surface area contributed by atoms with Gasteiger partial charge in [-0.15, -0.1) is 12.4 Å². The highest BCUT2D eigenvalue weighted by Crippen LogP contribution is 2.13. The van der Waals surface area contributed by atoms with Gasteiger partial charge in [-0.25, -0.2) is 4.79 Å². The summed E-state index contributed by atoms with van der Waals surface area (Å²) in [6.45, 7) is 3.62. The molecule has 0 aromatic carbocycles. The van der Waals surface area contributed by atoms with Gasteiger partial charge in [-0.3, -0.25) is 14.3 Å². The minimum Gasteiger partial charge on any atom is -0.356 e. The standard InChI is InChI=1S/C10H16N4O2.ClH/c1-2-14-9(15)5-8(12-10(14)16)13-4-3-7(11)6-13;/h5,7H,2-4,6,11H2,1H3,(H,12,16);1H/t7-;/m1./s1. The molecule has 0 saturated carbocycles. The Bertz CT molecular complexity index is 465. The predicted octanol–water partition coefficient (Wildman–Crippen LogP) is -0.484. The summed E-state index contributed by atoms with van der Waals surface area (Å²) in [5.41, 5.74) is 5.16. The van der Waals surface area contributed by atoms with E-state index in [0.717, 1.165) is 13.0 Å². The zero-order chi connectivity index (χ0) is 11.7. The van der Waals surface area contributed by atoms with Crippen LogP contribution in [0, 0.1) is 0 Å². The highest BCUT2D eigenvalue weighted by molar-refractivity contribution is 5.85. The van der Waals surface area contributed by atoms with Crippen molar-refractivity contribution in [3.05, 3.63) is 26.9 Å². The predicted molar refractivity (Wildman–Crippen MR) is 69.1 cm³/mol. The summed E-state index contributed by atoms with van der Waals surface area (Å²) in [4.78, 5) is 27.8. The molecule has 2 heterocycles. The van der Waals surface area contributed by atoms with Crippen LogP contribution in [0.15, 0.2) is 15.7 Å². The van der Waals surface area contributed by atoms with Crippen molar-refractivity contribution in [1.82, 2.24) is 9.55 Å². The van der Waals surface area contributed by atoms with Gasteiger partial charge in [0, 0.05) is 31.7 Å². The molecule has 0 amide bonds. The number of anilines is 1. The fourth-order valence-electron chi connectivity index (χ4n) is 1.98. The molecule has 1 aromatic heterocycles. The lowest BCUT2D eigenvalue weighted by Gasteiger charge is -2.17. The van der Waals surface area contributed by atoms with Crippen molar-refractivity contribution in [2.24, 2.45) is 5.73 Å². The van der Waals surface area contributed by atoms with Gasteiger partial charge in [0.2, 0.25) is 0 Å². The number of rotatable bonds is 2. The van der Waals surface area contributed by atoms with Gasteiger partial charge >= 0.3 is 5.69 Å². The van der Waals surface area contributed by atoms with Crippen molar-refractivity contribution in [3.8, 4) is 0 Å². The first kappa shape index (κ1) is 13.8. The average molecular weight is 261 g/mol. The Labute approximate surface area is 105 Å².